The summed E-state index contributed by atoms with van der Waals surface area (Å²) in [5.74, 6) is 0.589. The topological polar surface area (TPSA) is 49.0 Å². The van der Waals surface area contributed by atoms with Crippen LogP contribution < -0.4 is 5.56 Å². The molecule has 1 N–H and O–H groups in total. The lowest BCUT2D eigenvalue weighted by molar-refractivity contribution is 0.203. The second-order valence-corrected chi connectivity index (χ2v) is 8.30. The zero-order chi connectivity index (χ0) is 18.9. The van der Waals surface area contributed by atoms with Crippen LogP contribution in [0.15, 0.2) is 47.4 Å². The Morgan fingerprint density at radius 2 is 1.86 bits per heavy atom. The van der Waals surface area contributed by atoms with Crippen LogP contribution in [0.25, 0.3) is 10.9 Å². The highest BCUT2D eigenvalue weighted by atomic mass is 16.1. The highest BCUT2D eigenvalue weighted by molar-refractivity contribution is 5.84. The maximum absolute atomic E-state index is 12.4. The van der Waals surface area contributed by atoms with Gasteiger partial charge in [0.2, 0.25) is 0 Å². The van der Waals surface area contributed by atoms with Gasteiger partial charge in [-0.15, -0.1) is 0 Å². The van der Waals surface area contributed by atoms with Crippen LogP contribution in [0.1, 0.15) is 54.0 Å². The van der Waals surface area contributed by atoms with E-state index in [9.17, 15) is 4.79 Å². The third-order valence-electron chi connectivity index (χ3n) is 6.50. The van der Waals surface area contributed by atoms with E-state index < -0.39 is 0 Å². The van der Waals surface area contributed by atoms with Crippen LogP contribution in [-0.2, 0) is 19.4 Å². The number of nitrogens with zero attached hydrogens (tertiary/aromatic N) is 2. The van der Waals surface area contributed by atoms with Crippen LogP contribution in [0, 0.1) is 0 Å². The molecule has 28 heavy (non-hydrogen) atoms. The third kappa shape index (κ3) is 3.37. The normalized spacial score (nSPS) is 18.3. The molecule has 0 radical (unpaired) electrons. The molecule has 0 atom stereocenters. The van der Waals surface area contributed by atoms with Crippen LogP contribution in [0.5, 0.6) is 0 Å². The molecule has 5 rings (SSSR count). The van der Waals surface area contributed by atoms with E-state index in [0.29, 0.717) is 5.92 Å². The minimum absolute atomic E-state index is 0.117. The zero-order valence-electron chi connectivity index (χ0n) is 16.3. The number of piperidine rings is 1. The molecule has 1 fully saturated rings. The summed E-state index contributed by atoms with van der Waals surface area (Å²) in [7, 11) is 0. The van der Waals surface area contributed by atoms with Gasteiger partial charge < -0.3 is 4.98 Å². The largest absolute Gasteiger partial charge is 0.322 e. The monoisotopic (exact) mass is 373 g/mol. The average molecular weight is 374 g/mol. The molecule has 3 aromatic rings. The Kier molecular flexibility index (Phi) is 4.73. The molecule has 1 aromatic carbocycles. The molecular weight excluding hydrogens is 346 g/mol. The van der Waals surface area contributed by atoms with Crippen LogP contribution >= 0.6 is 0 Å². The molecule has 2 aromatic heterocycles. The second kappa shape index (κ2) is 7.51. The first-order valence-corrected chi connectivity index (χ1v) is 10.6. The second-order valence-electron chi connectivity index (χ2n) is 8.30. The lowest BCUT2D eigenvalue weighted by Gasteiger charge is -2.31. The number of aromatic nitrogens is 2. The molecule has 1 aliphatic carbocycles. The van der Waals surface area contributed by atoms with Crippen molar-refractivity contribution in [2.24, 2.45) is 0 Å². The summed E-state index contributed by atoms with van der Waals surface area (Å²) in [6.45, 7) is 3.21. The molecule has 2 aliphatic rings. The van der Waals surface area contributed by atoms with Gasteiger partial charge in [-0.1, -0.05) is 12.1 Å². The van der Waals surface area contributed by atoms with Gasteiger partial charge in [-0.25, -0.2) is 0 Å². The van der Waals surface area contributed by atoms with Crippen LogP contribution in [0.4, 0.5) is 0 Å². The van der Waals surface area contributed by atoms with Gasteiger partial charge in [0.1, 0.15) is 0 Å². The van der Waals surface area contributed by atoms with Crippen molar-refractivity contribution < 1.29 is 0 Å². The van der Waals surface area contributed by atoms with Gasteiger partial charge in [0.15, 0.2) is 0 Å². The number of nitrogens with one attached hydrogen (secondary N) is 1. The molecule has 0 bridgehead atoms. The number of hydrogen-bond acceptors (Lipinski definition) is 3. The number of benzene rings is 1. The standard InChI is InChI=1S/C24H27N3O/c28-24-20-6-2-1-5-19(20)21-15-17(8-9-23(21)26-24)16-27-13-10-18(11-14-27)22-7-3-4-12-25-22/h3-4,7-9,12,15,18H,1-2,5-6,10-11,13-14,16H2,(H,26,28). The third-order valence-corrected chi connectivity index (χ3v) is 6.50. The van der Waals surface area contributed by atoms with Gasteiger partial charge >= 0.3 is 0 Å². The Balaban J connectivity index is 1.33. The molecule has 0 unspecified atom stereocenters. The Hall–Kier alpha value is -2.46. The molecule has 1 aliphatic heterocycles. The van der Waals surface area contributed by atoms with Crippen molar-refractivity contribution in [3.63, 3.8) is 0 Å². The van der Waals surface area contributed by atoms with Gasteiger partial charge in [-0.05, 0) is 87.0 Å². The van der Waals surface area contributed by atoms with Gasteiger partial charge in [-0.3, -0.25) is 14.7 Å². The number of H-pyrrole nitrogens is 1. The molecule has 0 saturated carbocycles. The predicted octanol–water partition coefficient (Wildman–Crippen LogP) is 4.18. The number of aromatic amines is 1. The fourth-order valence-electron chi connectivity index (χ4n) is 4.96. The van der Waals surface area contributed by atoms with E-state index in [1.165, 1.54) is 41.5 Å². The number of pyridine rings is 2. The van der Waals surface area contributed by atoms with E-state index >= 15 is 0 Å². The highest BCUT2D eigenvalue weighted by Crippen LogP contribution is 2.29. The van der Waals surface area contributed by atoms with Crippen molar-refractivity contribution in [1.29, 1.82) is 0 Å². The van der Waals surface area contributed by atoms with E-state index in [2.05, 4.69) is 45.2 Å². The molecule has 0 spiro atoms. The summed E-state index contributed by atoms with van der Waals surface area (Å²) in [5, 5.41) is 1.26. The van der Waals surface area contributed by atoms with E-state index in [-0.39, 0.29) is 5.56 Å². The van der Waals surface area contributed by atoms with Crippen LogP contribution in [0.2, 0.25) is 0 Å². The van der Waals surface area contributed by atoms with Crippen molar-refractivity contribution in [1.82, 2.24) is 14.9 Å². The Bertz CT molecular complexity index is 1030. The number of hydrogen-bond donors (Lipinski definition) is 1. The maximum Gasteiger partial charge on any atom is 0.251 e. The van der Waals surface area contributed by atoms with Gasteiger partial charge in [0, 0.05) is 40.8 Å². The lowest BCUT2D eigenvalue weighted by Crippen LogP contribution is -2.32. The van der Waals surface area contributed by atoms with Crippen molar-refractivity contribution in [2.45, 2.75) is 51.0 Å². The smallest absolute Gasteiger partial charge is 0.251 e. The van der Waals surface area contributed by atoms with Crippen molar-refractivity contribution in [2.75, 3.05) is 13.1 Å². The number of fused-ring (bicyclic) bond motifs is 3. The van der Waals surface area contributed by atoms with Crippen molar-refractivity contribution >= 4 is 10.9 Å². The van der Waals surface area contributed by atoms with Gasteiger partial charge in [0.25, 0.3) is 5.56 Å². The molecule has 144 valence electrons. The van der Waals surface area contributed by atoms with E-state index in [1.807, 2.05) is 12.3 Å². The number of likely N-dealkylation sites (tertiary alicyclic amines) is 1. The van der Waals surface area contributed by atoms with Crippen LogP contribution in [0.3, 0.4) is 0 Å². The van der Waals surface area contributed by atoms with E-state index in [4.69, 9.17) is 0 Å². The Labute approximate surface area is 165 Å². The quantitative estimate of drug-likeness (QED) is 0.749. The zero-order valence-corrected chi connectivity index (χ0v) is 16.3. The summed E-state index contributed by atoms with van der Waals surface area (Å²) in [6.07, 6.45) is 8.53. The highest BCUT2D eigenvalue weighted by Gasteiger charge is 2.22. The first-order chi connectivity index (χ1) is 13.8. The fraction of sp³-hybridized carbons (Fsp3) is 0.417. The summed E-state index contributed by atoms with van der Waals surface area (Å²) in [4.78, 5) is 22.6. The molecule has 4 heteroatoms. The minimum Gasteiger partial charge on any atom is -0.322 e. The molecular formula is C24H27N3O. The molecule has 3 heterocycles. The van der Waals surface area contributed by atoms with Gasteiger partial charge in [0.05, 0.1) is 0 Å². The van der Waals surface area contributed by atoms with E-state index in [1.54, 1.807) is 0 Å². The summed E-state index contributed by atoms with van der Waals surface area (Å²) in [5.41, 5.74) is 6.01. The molecule has 4 nitrogen and oxygen atoms in total. The molecule has 0 amide bonds. The molecule has 1 saturated heterocycles. The first-order valence-electron chi connectivity index (χ1n) is 10.6. The van der Waals surface area contributed by atoms with Crippen molar-refractivity contribution in [3.05, 3.63) is 75.3 Å². The predicted molar refractivity (Wildman–Crippen MR) is 113 cm³/mol. The van der Waals surface area contributed by atoms with Crippen LogP contribution in [-0.4, -0.2) is 28.0 Å². The minimum atomic E-state index is 0.117. The Morgan fingerprint density at radius 3 is 2.64 bits per heavy atom. The number of rotatable bonds is 3. The average Bonchev–Trinajstić information content (AvgIpc) is 2.76. The summed E-state index contributed by atoms with van der Waals surface area (Å²) in [6, 6.07) is 12.8. The SMILES string of the molecule is O=c1[nH]c2ccc(CN3CCC(c4ccccn4)CC3)cc2c2c1CCCC2. The summed E-state index contributed by atoms with van der Waals surface area (Å²) >= 11 is 0. The first kappa shape index (κ1) is 17.6. The Morgan fingerprint density at radius 1 is 1.04 bits per heavy atom. The fourth-order valence-corrected chi connectivity index (χ4v) is 4.96. The van der Waals surface area contributed by atoms with E-state index in [0.717, 1.165) is 50.0 Å². The van der Waals surface area contributed by atoms with Gasteiger partial charge in [-0.2, -0.15) is 0 Å². The lowest BCUT2D eigenvalue weighted by atomic mass is 9.89. The summed E-state index contributed by atoms with van der Waals surface area (Å²) < 4.78 is 0. The number of aryl methyl sites for hydroxylation is 1. The maximum atomic E-state index is 12.4. The van der Waals surface area contributed by atoms with Crippen molar-refractivity contribution in [3.8, 4) is 0 Å².